The zero-order valence-corrected chi connectivity index (χ0v) is 13.7. The van der Waals surface area contributed by atoms with Gasteiger partial charge < -0.3 is 5.32 Å². The fourth-order valence-electron chi connectivity index (χ4n) is 3.08. The lowest BCUT2D eigenvalue weighted by atomic mass is 10.1. The number of carbonyl (C=O) groups excluding carboxylic acids is 2. The van der Waals surface area contributed by atoms with Gasteiger partial charge in [0.25, 0.3) is 0 Å². The van der Waals surface area contributed by atoms with Gasteiger partial charge in [-0.25, -0.2) is 4.98 Å². The zero-order chi connectivity index (χ0) is 17.4. The van der Waals surface area contributed by atoms with Gasteiger partial charge in [0, 0.05) is 24.0 Å². The van der Waals surface area contributed by atoms with Crippen LogP contribution in [-0.2, 0) is 9.59 Å². The zero-order valence-electron chi connectivity index (χ0n) is 13.7. The highest BCUT2D eigenvalue weighted by Gasteiger charge is 2.37. The minimum absolute atomic E-state index is 0.102. The van der Waals surface area contributed by atoms with Crippen molar-refractivity contribution in [2.75, 3.05) is 16.8 Å². The molecule has 0 radical (unpaired) electrons. The third-order valence-electron chi connectivity index (χ3n) is 4.34. The van der Waals surface area contributed by atoms with Gasteiger partial charge in [0.15, 0.2) is 5.82 Å². The maximum atomic E-state index is 12.5. The molecule has 2 N–H and O–H groups in total. The summed E-state index contributed by atoms with van der Waals surface area (Å²) in [7, 11) is 0. The highest BCUT2D eigenvalue weighted by atomic mass is 16.2. The number of fused-ring (bicyclic) bond motifs is 1. The summed E-state index contributed by atoms with van der Waals surface area (Å²) in [4.78, 5) is 30.7. The molecule has 1 aliphatic heterocycles. The fourth-order valence-corrected chi connectivity index (χ4v) is 3.08. The maximum Gasteiger partial charge on any atom is 0.230 e. The molecule has 0 aliphatic carbocycles. The number of anilines is 2. The number of aromatic amines is 1. The van der Waals surface area contributed by atoms with Crippen LogP contribution in [0.3, 0.4) is 0 Å². The molecule has 1 aliphatic rings. The van der Waals surface area contributed by atoms with Gasteiger partial charge in [-0.15, -0.1) is 0 Å². The number of aromatic nitrogens is 3. The fraction of sp³-hybridized carbons (Fsp3) is 0.222. The second-order valence-corrected chi connectivity index (χ2v) is 6.15. The van der Waals surface area contributed by atoms with E-state index in [4.69, 9.17) is 0 Å². The van der Waals surface area contributed by atoms with Crippen LogP contribution in [0.25, 0.3) is 10.9 Å². The smallest absolute Gasteiger partial charge is 0.230 e. The highest BCUT2D eigenvalue weighted by Crippen LogP contribution is 2.30. The van der Waals surface area contributed by atoms with E-state index in [9.17, 15) is 9.59 Å². The van der Waals surface area contributed by atoms with Gasteiger partial charge in [-0.2, -0.15) is 5.10 Å². The van der Waals surface area contributed by atoms with Crippen LogP contribution in [0.2, 0.25) is 0 Å². The van der Waals surface area contributed by atoms with Crippen molar-refractivity contribution in [2.24, 2.45) is 5.92 Å². The van der Waals surface area contributed by atoms with E-state index in [1.807, 2.05) is 43.3 Å². The van der Waals surface area contributed by atoms with E-state index in [0.29, 0.717) is 18.2 Å². The molecule has 25 heavy (non-hydrogen) atoms. The normalized spacial score (nSPS) is 17.2. The maximum absolute atomic E-state index is 12.5. The van der Waals surface area contributed by atoms with Gasteiger partial charge in [-0.3, -0.25) is 19.6 Å². The van der Waals surface area contributed by atoms with Crippen LogP contribution >= 0.6 is 0 Å². The van der Waals surface area contributed by atoms with Crippen LogP contribution in [0.5, 0.6) is 0 Å². The van der Waals surface area contributed by atoms with Crippen molar-refractivity contribution >= 4 is 34.4 Å². The van der Waals surface area contributed by atoms with Crippen molar-refractivity contribution in [3.8, 4) is 0 Å². The molecule has 0 bridgehead atoms. The molecule has 1 saturated heterocycles. The van der Waals surface area contributed by atoms with Crippen LogP contribution in [-0.4, -0.2) is 33.5 Å². The Morgan fingerprint density at radius 1 is 1.24 bits per heavy atom. The summed E-state index contributed by atoms with van der Waals surface area (Å²) in [6.07, 6.45) is 0.166. The summed E-state index contributed by atoms with van der Waals surface area (Å²) in [5.74, 6) is 0.347. The number of pyridine rings is 1. The number of nitrogens with one attached hydrogen (secondary N) is 2. The molecule has 7 nitrogen and oxygen atoms in total. The first-order valence-electron chi connectivity index (χ1n) is 8.10. The molecule has 0 spiro atoms. The Labute approximate surface area is 144 Å². The van der Waals surface area contributed by atoms with Gasteiger partial charge in [0.2, 0.25) is 11.8 Å². The number of hydrogen-bond acceptors (Lipinski definition) is 4. The largest absolute Gasteiger partial charge is 0.310 e. The van der Waals surface area contributed by atoms with Crippen LogP contribution in [0.1, 0.15) is 12.1 Å². The van der Waals surface area contributed by atoms with E-state index in [1.165, 1.54) is 0 Å². The lowest BCUT2D eigenvalue weighted by Gasteiger charge is -2.14. The van der Waals surface area contributed by atoms with Crippen LogP contribution in [0, 0.1) is 12.8 Å². The minimum Gasteiger partial charge on any atom is -0.310 e. The summed E-state index contributed by atoms with van der Waals surface area (Å²) in [6.45, 7) is 2.17. The standard InChI is InChI=1S/C18H17N5O2/c1-11-5-4-8-15(19-11)20-18(25)12-9-16(24)23(10-12)17-13-6-2-3-7-14(13)21-22-17/h2-8,12H,9-10H2,1H3,(H,21,22)(H,19,20,25)/t12-/m1/s1. The molecule has 4 rings (SSSR count). The first-order chi connectivity index (χ1) is 12.1. The predicted molar refractivity (Wildman–Crippen MR) is 94.2 cm³/mol. The molecule has 2 amide bonds. The number of para-hydroxylation sites is 1. The van der Waals surface area contributed by atoms with Gasteiger partial charge in [-0.1, -0.05) is 18.2 Å². The van der Waals surface area contributed by atoms with Gasteiger partial charge in [0.1, 0.15) is 5.82 Å². The number of hydrogen-bond donors (Lipinski definition) is 2. The van der Waals surface area contributed by atoms with Gasteiger partial charge >= 0.3 is 0 Å². The number of benzene rings is 1. The van der Waals surface area contributed by atoms with E-state index in [0.717, 1.165) is 16.6 Å². The summed E-state index contributed by atoms with van der Waals surface area (Å²) in [5, 5.41) is 10.8. The summed E-state index contributed by atoms with van der Waals surface area (Å²) < 4.78 is 0. The number of aryl methyl sites for hydroxylation is 1. The average molecular weight is 335 g/mol. The third-order valence-corrected chi connectivity index (χ3v) is 4.34. The molecule has 126 valence electrons. The molecule has 1 aromatic carbocycles. The highest BCUT2D eigenvalue weighted by molar-refractivity contribution is 6.06. The number of amides is 2. The predicted octanol–water partition coefficient (Wildman–Crippen LogP) is 2.26. The van der Waals surface area contributed by atoms with E-state index in [2.05, 4.69) is 20.5 Å². The monoisotopic (exact) mass is 335 g/mol. The molecular weight excluding hydrogens is 318 g/mol. The molecule has 2 aromatic heterocycles. The van der Waals surface area contributed by atoms with Crippen molar-refractivity contribution in [3.63, 3.8) is 0 Å². The quantitative estimate of drug-likeness (QED) is 0.768. The molecule has 7 heteroatoms. The lowest BCUT2D eigenvalue weighted by Crippen LogP contribution is -2.28. The Morgan fingerprint density at radius 2 is 2.08 bits per heavy atom. The molecule has 3 aromatic rings. The first-order valence-corrected chi connectivity index (χ1v) is 8.10. The summed E-state index contributed by atoms with van der Waals surface area (Å²) >= 11 is 0. The molecule has 1 fully saturated rings. The summed E-state index contributed by atoms with van der Waals surface area (Å²) in [6, 6.07) is 13.0. The Morgan fingerprint density at radius 3 is 2.92 bits per heavy atom. The Hall–Kier alpha value is -3.22. The average Bonchev–Trinajstić information content (AvgIpc) is 3.18. The molecular formula is C18H17N5O2. The minimum atomic E-state index is -0.426. The second kappa shape index (κ2) is 6.01. The number of rotatable bonds is 3. The van der Waals surface area contributed by atoms with Crippen LogP contribution < -0.4 is 10.2 Å². The summed E-state index contributed by atoms with van der Waals surface area (Å²) in [5.41, 5.74) is 1.69. The van der Waals surface area contributed by atoms with E-state index < -0.39 is 5.92 Å². The van der Waals surface area contributed by atoms with Crippen molar-refractivity contribution in [1.29, 1.82) is 0 Å². The topological polar surface area (TPSA) is 91.0 Å². The van der Waals surface area contributed by atoms with Crippen LogP contribution in [0.15, 0.2) is 42.5 Å². The number of nitrogens with zero attached hydrogens (tertiary/aromatic N) is 3. The first kappa shape index (κ1) is 15.3. The van der Waals surface area contributed by atoms with E-state index in [1.54, 1.807) is 11.0 Å². The SMILES string of the molecule is Cc1cccc(NC(=O)[C@@H]2CC(=O)N(c3n[nH]c4ccccc34)C2)n1. The lowest BCUT2D eigenvalue weighted by molar-refractivity contribution is -0.122. The van der Waals surface area contributed by atoms with Crippen LogP contribution in [0.4, 0.5) is 11.6 Å². The van der Waals surface area contributed by atoms with Crippen molar-refractivity contribution in [2.45, 2.75) is 13.3 Å². The molecule has 0 saturated carbocycles. The molecule has 0 unspecified atom stereocenters. The Kier molecular flexibility index (Phi) is 3.68. The number of H-pyrrole nitrogens is 1. The Bertz CT molecular complexity index is 965. The molecule has 1 atom stereocenters. The third kappa shape index (κ3) is 2.84. The van der Waals surface area contributed by atoms with Gasteiger partial charge in [-0.05, 0) is 31.2 Å². The van der Waals surface area contributed by atoms with E-state index in [-0.39, 0.29) is 18.2 Å². The molecule has 3 heterocycles. The second-order valence-electron chi connectivity index (χ2n) is 6.15. The van der Waals surface area contributed by atoms with Gasteiger partial charge in [0.05, 0.1) is 11.4 Å². The number of carbonyl (C=O) groups is 2. The van der Waals surface area contributed by atoms with E-state index >= 15 is 0 Å². The van der Waals surface area contributed by atoms with Crippen molar-refractivity contribution < 1.29 is 9.59 Å². The van der Waals surface area contributed by atoms with Crippen molar-refractivity contribution in [3.05, 3.63) is 48.2 Å². The Balaban J connectivity index is 1.53. The van der Waals surface area contributed by atoms with Crippen molar-refractivity contribution in [1.82, 2.24) is 15.2 Å².